The van der Waals surface area contributed by atoms with Gasteiger partial charge in [-0.15, -0.1) is 0 Å². The van der Waals surface area contributed by atoms with E-state index in [1.165, 1.54) is 13.0 Å². The van der Waals surface area contributed by atoms with E-state index in [1.807, 2.05) is 6.07 Å². The molecule has 1 atom stereocenters. The van der Waals surface area contributed by atoms with Crippen molar-refractivity contribution < 1.29 is 18.4 Å². The van der Waals surface area contributed by atoms with Crippen LogP contribution >= 0.6 is 0 Å². The average Bonchev–Trinajstić information content (AvgIpc) is 2.76. The molecule has 124 valence electrons. The van der Waals surface area contributed by atoms with E-state index in [1.54, 1.807) is 18.3 Å². The molecular formula is C17H15F2N3O2. The van der Waals surface area contributed by atoms with E-state index in [0.29, 0.717) is 12.5 Å². The number of benzene rings is 1. The molecule has 1 aromatic heterocycles. The van der Waals surface area contributed by atoms with Crippen LogP contribution in [0.1, 0.15) is 18.2 Å². The Labute approximate surface area is 137 Å². The number of carbonyl (C=O) groups excluding carboxylic acids is 2. The molecule has 1 aliphatic rings. The van der Waals surface area contributed by atoms with Crippen LogP contribution in [-0.4, -0.2) is 28.4 Å². The molecule has 0 saturated carbocycles. The van der Waals surface area contributed by atoms with Gasteiger partial charge in [-0.1, -0.05) is 12.1 Å². The van der Waals surface area contributed by atoms with Gasteiger partial charge in [-0.25, -0.2) is 13.6 Å². The second-order valence-electron chi connectivity index (χ2n) is 5.71. The Kier molecular flexibility index (Phi) is 4.01. The van der Waals surface area contributed by atoms with E-state index < -0.39 is 29.1 Å². The van der Waals surface area contributed by atoms with Crippen molar-refractivity contribution in [3.63, 3.8) is 0 Å². The summed E-state index contributed by atoms with van der Waals surface area (Å²) in [5, 5.41) is 2.50. The molecule has 1 saturated heterocycles. The number of urea groups is 1. The Morgan fingerprint density at radius 3 is 2.67 bits per heavy atom. The van der Waals surface area contributed by atoms with Crippen LogP contribution in [0, 0.1) is 11.6 Å². The molecule has 0 spiro atoms. The summed E-state index contributed by atoms with van der Waals surface area (Å²) < 4.78 is 27.1. The third-order valence-corrected chi connectivity index (χ3v) is 4.06. The van der Waals surface area contributed by atoms with Crippen LogP contribution in [0.5, 0.6) is 0 Å². The zero-order valence-corrected chi connectivity index (χ0v) is 12.9. The van der Waals surface area contributed by atoms with E-state index >= 15 is 0 Å². The summed E-state index contributed by atoms with van der Waals surface area (Å²) >= 11 is 0. The highest BCUT2D eigenvalue weighted by Crippen LogP contribution is 2.31. The van der Waals surface area contributed by atoms with Crippen molar-refractivity contribution in [2.24, 2.45) is 0 Å². The molecule has 2 heterocycles. The third kappa shape index (κ3) is 2.73. The maximum Gasteiger partial charge on any atom is 0.325 e. The summed E-state index contributed by atoms with van der Waals surface area (Å²) in [5.41, 5.74) is -0.888. The standard InChI is InChI=1S/C17H15F2N3O2/c1-17(13-6-5-11(18)10-14(13)19)15(23)22(16(24)21-17)9-7-12-4-2-3-8-20-12/h2-6,8,10H,7,9H2,1H3,(H,21,24). The largest absolute Gasteiger partial charge is 0.325 e. The number of pyridine rings is 1. The molecule has 5 nitrogen and oxygen atoms in total. The summed E-state index contributed by atoms with van der Waals surface area (Å²) in [6.45, 7) is 1.53. The van der Waals surface area contributed by atoms with Crippen molar-refractivity contribution in [2.75, 3.05) is 6.54 Å². The van der Waals surface area contributed by atoms with Gasteiger partial charge in [-0.2, -0.15) is 0 Å². The van der Waals surface area contributed by atoms with Crippen LogP contribution in [0.4, 0.5) is 13.6 Å². The SMILES string of the molecule is CC1(c2ccc(F)cc2F)NC(=O)N(CCc2ccccn2)C1=O. The highest BCUT2D eigenvalue weighted by atomic mass is 19.1. The van der Waals surface area contributed by atoms with E-state index in [0.717, 1.165) is 16.7 Å². The quantitative estimate of drug-likeness (QED) is 0.875. The number of halogens is 2. The molecule has 0 bridgehead atoms. The molecular weight excluding hydrogens is 316 g/mol. The maximum absolute atomic E-state index is 14.1. The highest BCUT2D eigenvalue weighted by molar-refractivity contribution is 6.07. The smallest absolute Gasteiger partial charge is 0.319 e. The summed E-state index contributed by atoms with van der Waals surface area (Å²) in [6.07, 6.45) is 2.02. The Morgan fingerprint density at radius 2 is 2.00 bits per heavy atom. The van der Waals surface area contributed by atoms with Crippen molar-refractivity contribution >= 4 is 11.9 Å². The lowest BCUT2D eigenvalue weighted by Gasteiger charge is -2.22. The minimum atomic E-state index is -1.56. The van der Waals surface area contributed by atoms with Crippen molar-refractivity contribution in [1.29, 1.82) is 0 Å². The zero-order chi connectivity index (χ0) is 17.3. The van der Waals surface area contributed by atoms with Gasteiger partial charge in [0.2, 0.25) is 0 Å². The summed E-state index contributed by atoms with van der Waals surface area (Å²) in [4.78, 5) is 30.0. The molecule has 0 aliphatic carbocycles. The second kappa shape index (κ2) is 5.99. The van der Waals surface area contributed by atoms with E-state index in [9.17, 15) is 18.4 Å². The number of rotatable bonds is 4. The lowest BCUT2D eigenvalue weighted by atomic mass is 9.91. The number of aromatic nitrogens is 1. The number of carbonyl (C=O) groups is 2. The minimum absolute atomic E-state index is 0.0670. The molecule has 7 heteroatoms. The Hall–Kier alpha value is -2.83. The first-order valence-electron chi connectivity index (χ1n) is 7.41. The van der Waals surface area contributed by atoms with Gasteiger partial charge in [0.15, 0.2) is 0 Å². The lowest BCUT2D eigenvalue weighted by molar-refractivity contribution is -0.131. The zero-order valence-electron chi connectivity index (χ0n) is 12.9. The number of hydrogen-bond donors (Lipinski definition) is 1. The number of nitrogens with zero attached hydrogens (tertiary/aromatic N) is 2. The summed E-state index contributed by atoms with van der Waals surface area (Å²) in [5.74, 6) is -2.20. The topological polar surface area (TPSA) is 62.3 Å². The van der Waals surface area contributed by atoms with E-state index in [4.69, 9.17) is 0 Å². The van der Waals surface area contributed by atoms with Gasteiger partial charge in [-0.3, -0.25) is 14.7 Å². The number of imide groups is 1. The fourth-order valence-electron chi connectivity index (χ4n) is 2.75. The first kappa shape index (κ1) is 16.0. The molecule has 3 amide bonds. The molecule has 1 aromatic carbocycles. The van der Waals surface area contributed by atoms with Crippen LogP contribution in [0.25, 0.3) is 0 Å². The van der Waals surface area contributed by atoms with Crippen LogP contribution in [-0.2, 0) is 16.8 Å². The number of nitrogens with one attached hydrogen (secondary N) is 1. The van der Waals surface area contributed by atoms with E-state index in [2.05, 4.69) is 10.3 Å². The number of amides is 3. The predicted molar refractivity (Wildman–Crippen MR) is 81.9 cm³/mol. The maximum atomic E-state index is 14.1. The number of hydrogen-bond acceptors (Lipinski definition) is 3. The molecule has 24 heavy (non-hydrogen) atoms. The van der Waals surface area contributed by atoms with Crippen molar-refractivity contribution in [3.05, 3.63) is 65.5 Å². The molecule has 1 unspecified atom stereocenters. The third-order valence-electron chi connectivity index (χ3n) is 4.06. The Bertz CT molecular complexity index is 798. The Balaban J connectivity index is 1.82. The molecule has 1 fully saturated rings. The fourth-order valence-corrected chi connectivity index (χ4v) is 2.75. The highest BCUT2D eigenvalue weighted by Gasteiger charge is 2.50. The molecule has 2 aromatic rings. The average molecular weight is 331 g/mol. The van der Waals surface area contributed by atoms with Gasteiger partial charge in [0.1, 0.15) is 17.2 Å². The van der Waals surface area contributed by atoms with Crippen molar-refractivity contribution in [1.82, 2.24) is 15.2 Å². The fraction of sp³-hybridized carbons (Fsp3) is 0.235. The molecule has 1 aliphatic heterocycles. The monoisotopic (exact) mass is 331 g/mol. The van der Waals surface area contributed by atoms with Crippen molar-refractivity contribution in [3.8, 4) is 0 Å². The minimum Gasteiger partial charge on any atom is -0.319 e. The van der Waals surface area contributed by atoms with Gasteiger partial charge in [-0.05, 0) is 25.1 Å². The molecule has 3 rings (SSSR count). The lowest BCUT2D eigenvalue weighted by Crippen LogP contribution is -2.42. The van der Waals surface area contributed by atoms with Crippen LogP contribution in [0.2, 0.25) is 0 Å². The van der Waals surface area contributed by atoms with Gasteiger partial charge >= 0.3 is 6.03 Å². The first-order chi connectivity index (χ1) is 11.4. The molecule has 1 N–H and O–H groups in total. The molecule has 0 radical (unpaired) electrons. The van der Waals surface area contributed by atoms with Crippen molar-refractivity contribution in [2.45, 2.75) is 18.9 Å². The normalized spacial score (nSPS) is 20.4. The van der Waals surface area contributed by atoms with Gasteiger partial charge in [0.25, 0.3) is 5.91 Å². The van der Waals surface area contributed by atoms with Gasteiger partial charge in [0.05, 0.1) is 0 Å². The van der Waals surface area contributed by atoms with E-state index in [-0.39, 0.29) is 12.1 Å². The Morgan fingerprint density at radius 1 is 1.21 bits per heavy atom. The first-order valence-corrected chi connectivity index (χ1v) is 7.41. The van der Waals surface area contributed by atoms with Gasteiger partial charge < -0.3 is 5.32 Å². The second-order valence-corrected chi connectivity index (χ2v) is 5.71. The summed E-state index contributed by atoms with van der Waals surface area (Å²) in [6, 6.07) is 7.68. The van der Waals surface area contributed by atoms with Crippen LogP contribution < -0.4 is 5.32 Å². The van der Waals surface area contributed by atoms with Crippen LogP contribution in [0.15, 0.2) is 42.6 Å². The van der Waals surface area contributed by atoms with Crippen LogP contribution in [0.3, 0.4) is 0 Å². The van der Waals surface area contributed by atoms with Gasteiger partial charge in [0, 0.05) is 36.5 Å². The summed E-state index contributed by atoms with van der Waals surface area (Å²) in [7, 11) is 0. The predicted octanol–water partition coefficient (Wildman–Crippen LogP) is 2.37.